The van der Waals surface area contributed by atoms with Gasteiger partial charge >= 0.3 is 5.97 Å². The Labute approximate surface area is 249 Å². The third kappa shape index (κ3) is 4.19. The summed E-state index contributed by atoms with van der Waals surface area (Å²) >= 11 is 0. The molecule has 6 aromatic carbocycles. The Morgan fingerprint density at radius 2 is 0.930 bits per heavy atom. The molecular formula is C39H28N2O2. The molecule has 2 aromatic heterocycles. The monoisotopic (exact) mass is 556 g/mol. The van der Waals surface area contributed by atoms with Gasteiger partial charge in [0, 0.05) is 39.8 Å². The summed E-state index contributed by atoms with van der Waals surface area (Å²) in [5, 5.41) is 4.85. The highest BCUT2D eigenvalue weighted by molar-refractivity contribution is 6.10. The van der Waals surface area contributed by atoms with Crippen LogP contribution in [0, 0.1) is 0 Å². The van der Waals surface area contributed by atoms with Crippen LogP contribution < -0.4 is 0 Å². The third-order valence-electron chi connectivity index (χ3n) is 8.34. The number of nitrogens with zero attached hydrogens (tertiary/aromatic N) is 2. The highest BCUT2D eigenvalue weighted by atomic mass is 16.5. The number of carbonyl (C=O) groups excluding carboxylic acids is 1. The zero-order valence-electron chi connectivity index (χ0n) is 23.7. The van der Waals surface area contributed by atoms with Gasteiger partial charge in [-0.2, -0.15) is 0 Å². The maximum Gasteiger partial charge on any atom is 0.302 e. The van der Waals surface area contributed by atoms with E-state index in [1.54, 1.807) is 0 Å². The number of hydrogen-bond donors (Lipinski definition) is 0. The van der Waals surface area contributed by atoms with Crippen LogP contribution in [0.1, 0.15) is 12.5 Å². The highest BCUT2D eigenvalue weighted by Crippen LogP contribution is 2.35. The van der Waals surface area contributed by atoms with Crippen LogP contribution in [0.2, 0.25) is 0 Å². The van der Waals surface area contributed by atoms with E-state index in [1.165, 1.54) is 45.2 Å². The number of carbonyl (C=O) groups is 1. The molecule has 0 aliphatic carbocycles. The van der Waals surface area contributed by atoms with Gasteiger partial charge in [-0.1, -0.05) is 84.9 Å². The molecule has 4 nitrogen and oxygen atoms in total. The number of rotatable bonds is 5. The van der Waals surface area contributed by atoms with Gasteiger partial charge in [0.1, 0.15) is 6.61 Å². The van der Waals surface area contributed by atoms with Gasteiger partial charge in [-0.15, -0.1) is 0 Å². The van der Waals surface area contributed by atoms with Gasteiger partial charge in [-0.05, 0) is 71.3 Å². The zero-order valence-corrected chi connectivity index (χ0v) is 23.7. The van der Waals surface area contributed by atoms with E-state index in [0.717, 1.165) is 33.4 Å². The average molecular weight is 557 g/mol. The number of para-hydroxylation sites is 3. The molecule has 0 fully saturated rings. The van der Waals surface area contributed by atoms with Crippen molar-refractivity contribution in [2.75, 3.05) is 0 Å². The van der Waals surface area contributed by atoms with E-state index in [-0.39, 0.29) is 12.6 Å². The van der Waals surface area contributed by atoms with Crippen molar-refractivity contribution in [3.63, 3.8) is 0 Å². The van der Waals surface area contributed by atoms with Crippen LogP contribution in [0.15, 0.2) is 140 Å². The second-order valence-electron chi connectivity index (χ2n) is 10.9. The number of ether oxygens (including phenoxy) is 1. The smallest absolute Gasteiger partial charge is 0.302 e. The molecule has 4 heteroatoms. The lowest BCUT2D eigenvalue weighted by molar-refractivity contribution is -0.142. The normalized spacial score (nSPS) is 11.6. The third-order valence-corrected chi connectivity index (χ3v) is 8.34. The SMILES string of the molecule is CC(=O)OCc1ccc2c(c1)c1ccccc1n2-c1ccc(-c2ccc(-n3c4ccccc4c4ccccc43)cc2)cc1. The van der Waals surface area contributed by atoms with Gasteiger partial charge < -0.3 is 13.9 Å². The highest BCUT2D eigenvalue weighted by Gasteiger charge is 2.14. The predicted octanol–water partition coefficient (Wildman–Crippen LogP) is 9.61. The van der Waals surface area contributed by atoms with Crippen molar-refractivity contribution in [2.24, 2.45) is 0 Å². The van der Waals surface area contributed by atoms with Crippen LogP contribution in [-0.4, -0.2) is 15.1 Å². The molecule has 206 valence electrons. The number of benzene rings is 6. The number of esters is 1. The lowest BCUT2D eigenvalue weighted by Gasteiger charge is -2.11. The van der Waals surface area contributed by atoms with E-state index in [4.69, 9.17) is 4.74 Å². The van der Waals surface area contributed by atoms with Gasteiger partial charge in [0.25, 0.3) is 0 Å². The Bertz CT molecular complexity index is 2250. The Hall–Kier alpha value is -5.61. The molecule has 0 atom stereocenters. The van der Waals surface area contributed by atoms with E-state index in [0.29, 0.717) is 0 Å². The van der Waals surface area contributed by atoms with E-state index < -0.39 is 0 Å². The summed E-state index contributed by atoms with van der Waals surface area (Å²) in [4.78, 5) is 11.3. The van der Waals surface area contributed by atoms with Crippen molar-refractivity contribution >= 4 is 49.6 Å². The molecule has 8 aromatic rings. The minimum atomic E-state index is -0.274. The molecule has 0 saturated heterocycles. The molecule has 0 amide bonds. The molecule has 0 aliphatic rings. The molecule has 0 bridgehead atoms. The van der Waals surface area contributed by atoms with Crippen molar-refractivity contribution in [3.05, 3.63) is 145 Å². The average Bonchev–Trinajstić information content (AvgIpc) is 3.57. The maximum atomic E-state index is 11.3. The molecule has 0 unspecified atom stereocenters. The van der Waals surface area contributed by atoms with E-state index in [1.807, 2.05) is 6.07 Å². The second-order valence-corrected chi connectivity index (χ2v) is 10.9. The Morgan fingerprint density at radius 3 is 1.40 bits per heavy atom. The summed E-state index contributed by atoms with van der Waals surface area (Å²) in [6.45, 7) is 1.71. The van der Waals surface area contributed by atoms with Crippen molar-refractivity contribution < 1.29 is 9.53 Å². The largest absolute Gasteiger partial charge is 0.461 e. The minimum Gasteiger partial charge on any atom is -0.461 e. The van der Waals surface area contributed by atoms with Gasteiger partial charge in [0.05, 0.1) is 22.1 Å². The van der Waals surface area contributed by atoms with Crippen LogP contribution >= 0.6 is 0 Å². The van der Waals surface area contributed by atoms with E-state index in [2.05, 4.69) is 143 Å². The lowest BCUT2D eigenvalue weighted by Crippen LogP contribution is -1.98. The van der Waals surface area contributed by atoms with Crippen LogP contribution in [0.5, 0.6) is 0 Å². The van der Waals surface area contributed by atoms with Crippen LogP contribution in [0.25, 0.3) is 66.1 Å². The number of aromatic nitrogens is 2. The summed E-state index contributed by atoms with van der Waals surface area (Å²) in [6, 6.07) is 49.5. The molecule has 0 spiro atoms. The quantitative estimate of drug-likeness (QED) is 0.198. The number of fused-ring (bicyclic) bond motifs is 6. The minimum absolute atomic E-state index is 0.273. The van der Waals surface area contributed by atoms with Crippen LogP contribution in [0.3, 0.4) is 0 Å². The summed E-state index contributed by atoms with van der Waals surface area (Å²) in [5.74, 6) is -0.274. The topological polar surface area (TPSA) is 36.2 Å². The molecule has 8 rings (SSSR count). The first kappa shape index (κ1) is 25.1. The molecule has 0 saturated carbocycles. The lowest BCUT2D eigenvalue weighted by atomic mass is 10.0. The molecule has 0 radical (unpaired) electrons. The Kier molecular flexibility index (Phi) is 5.86. The van der Waals surface area contributed by atoms with Crippen LogP contribution in [-0.2, 0) is 16.1 Å². The van der Waals surface area contributed by atoms with E-state index in [9.17, 15) is 4.79 Å². The predicted molar refractivity (Wildman–Crippen MR) is 176 cm³/mol. The van der Waals surface area contributed by atoms with Crippen molar-refractivity contribution in [2.45, 2.75) is 13.5 Å². The Balaban J connectivity index is 1.16. The Morgan fingerprint density at radius 1 is 0.512 bits per heavy atom. The second kappa shape index (κ2) is 10.0. The fraction of sp³-hybridized carbons (Fsp3) is 0.0513. The van der Waals surface area contributed by atoms with Crippen molar-refractivity contribution in [1.82, 2.24) is 9.13 Å². The van der Waals surface area contributed by atoms with Gasteiger partial charge in [0.15, 0.2) is 0 Å². The zero-order chi connectivity index (χ0) is 28.9. The standard InChI is InChI=1S/C39H28N2O2/c1-26(42)43-25-27-14-23-39-35(24-27)34-10-4-7-13-38(34)41(39)31-21-17-29(18-22-31)28-15-19-30(20-16-28)40-36-11-5-2-8-32(36)33-9-3-6-12-37(33)40/h2-24H,25H2,1H3. The molecule has 43 heavy (non-hydrogen) atoms. The van der Waals surface area contributed by atoms with Crippen molar-refractivity contribution in [1.29, 1.82) is 0 Å². The first-order valence-electron chi connectivity index (χ1n) is 14.5. The summed E-state index contributed by atoms with van der Waals surface area (Å²) < 4.78 is 9.90. The first-order valence-corrected chi connectivity index (χ1v) is 14.5. The van der Waals surface area contributed by atoms with Crippen molar-refractivity contribution in [3.8, 4) is 22.5 Å². The summed E-state index contributed by atoms with van der Waals surface area (Å²) in [6.07, 6.45) is 0. The molecule has 0 N–H and O–H groups in total. The summed E-state index contributed by atoms with van der Waals surface area (Å²) in [5.41, 5.74) is 10.3. The van der Waals surface area contributed by atoms with Crippen LogP contribution in [0.4, 0.5) is 0 Å². The number of hydrogen-bond acceptors (Lipinski definition) is 2. The fourth-order valence-electron chi connectivity index (χ4n) is 6.38. The molecule has 0 aliphatic heterocycles. The summed E-state index contributed by atoms with van der Waals surface area (Å²) in [7, 11) is 0. The van der Waals surface area contributed by atoms with Gasteiger partial charge in [-0.3, -0.25) is 4.79 Å². The fourth-order valence-corrected chi connectivity index (χ4v) is 6.38. The van der Waals surface area contributed by atoms with Gasteiger partial charge in [-0.25, -0.2) is 0 Å². The van der Waals surface area contributed by atoms with E-state index >= 15 is 0 Å². The molecular weight excluding hydrogens is 528 g/mol. The van der Waals surface area contributed by atoms with Gasteiger partial charge in [0.2, 0.25) is 0 Å². The first-order chi connectivity index (χ1) is 21.2. The molecule has 2 heterocycles. The maximum absolute atomic E-state index is 11.3.